The van der Waals surface area contributed by atoms with Crippen LogP contribution in [0.2, 0.25) is 0 Å². The van der Waals surface area contributed by atoms with E-state index in [1.165, 1.54) is 10.7 Å². The van der Waals surface area contributed by atoms with E-state index in [1.807, 2.05) is 6.92 Å². The molecule has 7 heteroatoms. The summed E-state index contributed by atoms with van der Waals surface area (Å²) in [5, 5.41) is 10.7. The van der Waals surface area contributed by atoms with E-state index in [0.29, 0.717) is 18.0 Å². The van der Waals surface area contributed by atoms with Gasteiger partial charge < -0.3 is 14.7 Å². The lowest BCUT2D eigenvalue weighted by atomic mass is 10.1. The van der Waals surface area contributed by atoms with Gasteiger partial charge in [0.05, 0.1) is 30.3 Å². The number of benzene rings is 2. The minimum atomic E-state index is -3.81. The normalized spacial score (nSPS) is 16.4. The molecule has 158 valence electrons. The van der Waals surface area contributed by atoms with Gasteiger partial charge in [-0.05, 0) is 69.3 Å². The molecule has 1 aliphatic rings. The van der Waals surface area contributed by atoms with Gasteiger partial charge in [0, 0.05) is 6.54 Å². The van der Waals surface area contributed by atoms with Crippen LogP contribution in [0, 0.1) is 6.92 Å². The Hall–Kier alpha value is -2.09. The number of β-amino-alcohol motifs (C(OH)–C–C–N with tert-alkyl or cyclic N) is 1. The maximum Gasteiger partial charge on any atom is 0.264 e. The summed E-state index contributed by atoms with van der Waals surface area (Å²) < 4.78 is 33.3. The molecule has 1 fully saturated rings. The van der Waals surface area contributed by atoms with E-state index in [-0.39, 0.29) is 11.4 Å². The first-order chi connectivity index (χ1) is 13.9. The van der Waals surface area contributed by atoms with Crippen molar-refractivity contribution in [2.45, 2.75) is 37.2 Å². The lowest BCUT2D eigenvalue weighted by Crippen LogP contribution is -2.44. The van der Waals surface area contributed by atoms with Crippen molar-refractivity contribution in [3.8, 4) is 5.75 Å². The molecule has 1 N–H and O–H groups in total. The summed E-state index contributed by atoms with van der Waals surface area (Å²) in [4.78, 5) is 2.42. The number of methoxy groups -OCH3 is 1. The van der Waals surface area contributed by atoms with Gasteiger partial charge in [0.2, 0.25) is 0 Å². The van der Waals surface area contributed by atoms with Crippen LogP contribution >= 0.6 is 0 Å². The summed E-state index contributed by atoms with van der Waals surface area (Å²) in [5.74, 6) is 0.648. The topological polar surface area (TPSA) is 70.1 Å². The van der Waals surface area contributed by atoms with E-state index < -0.39 is 16.1 Å². The maximum atomic E-state index is 13.4. The predicted octanol–water partition coefficient (Wildman–Crippen LogP) is 3.05. The SMILES string of the molecule is COc1ccc(N(C[C@H](O)CN2CCCCC2)S(=O)(=O)c2ccc(C)cc2)cc1. The molecular formula is C22H30N2O4S. The first-order valence-electron chi connectivity index (χ1n) is 10.0. The molecule has 29 heavy (non-hydrogen) atoms. The molecule has 6 nitrogen and oxygen atoms in total. The smallest absolute Gasteiger partial charge is 0.264 e. The number of sulfonamides is 1. The zero-order valence-electron chi connectivity index (χ0n) is 17.1. The molecule has 0 amide bonds. The van der Waals surface area contributed by atoms with Crippen LogP contribution in [-0.2, 0) is 10.0 Å². The summed E-state index contributed by atoms with van der Waals surface area (Å²) in [6.07, 6.45) is 2.68. The van der Waals surface area contributed by atoms with Crippen molar-refractivity contribution in [2.75, 3.05) is 37.6 Å². The fraction of sp³-hybridized carbons (Fsp3) is 0.455. The fourth-order valence-electron chi connectivity index (χ4n) is 3.62. The van der Waals surface area contributed by atoms with Crippen LogP contribution in [0.25, 0.3) is 0 Å². The number of ether oxygens (including phenoxy) is 1. The molecule has 0 spiro atoms. The molecule has 0 unspecified atom stereocenters. The fourth-order valence-corrected chi connectivity index (χ4v) is 5.12. The third-order valence-corrected chi connectivity index (χ3v) is 7.07. The number of anilines is 1. The van der Waals surface area contributed by atoms with Gasteiger partial charge in [-0.3, -0.25) is 4.31 Å². The van der Waals surface area contributed by atoms with Crippen molar-refractivity contribution in [3.05, 3.63) is 54.1 Å². The lowest BCUT2D eigenvalue weighted by Gasteiger charge is -2.31. The third kappa shape index (κ3) is 5.50. The highest BCUT2D eigenvalue weighted by molar-refractivity contribution is 7.92. The number of nitrogens with zero attached hydrogens (tertiary/aromatic N) is 2. The number of hydrogen-bond acceptors (Lipinski definition) is 5. The molecule has 3 rings (SSSR count). The number of aliphatic hydroxyl groups excluding tert-OH is 1. The molecule has 0 aromatic heterocycles. The highest BCUT2D eigenvalue weighted by Gasteiger charge is 2.28. The van der Waals surface area contributed by atoms with Crippen LogP contribution < -0.4 is 9.04 Å². The van der Waals surface area contributed by atoms with Gasteiger partial charge in [-0.15, -0.1) is 0 Å². The molecule has 1 heterocycles. The monoisotopic (exact) mass is 418 g/mol. The van der Waals surface area contributed by atoms with E-state index in [1.54, 1.807) is 55.6 Å². The number of aryl methyl sites for hydroxylation is 1. The minimum Gasteiger partial charge on any atom is -0.497 e. The first-order valence-corrected chi connectivity index (χ1v) is 11.5. The lowest BCUT2D eigenvalue weighted by molar-refractivity contribution is 0.107. The van der Waals surface area contributed by atoms with E-state index in [2.05, 4.69) is 4.90 Å². The molecule has 0 radical (unpaired) electrons. The van der Waals surface area contributed by atoms with E-state index in [0.717, 1.165) is 31.5 Å². The predicted molar refractivity (Wildman–Crippen MR) is 115 cm³/mol. The summed E-state index contributed by atoms with van der Waals surface area (Å²) in [6, 6.07) is 13.6. The van der Waals surface area contributed by atoms with Crippen LogP contribution in [0.5, 0.6) is 5.75 Å². The molecule has 0 saturated carbocycles. The molecule has 1 aliphatic heterocycles. The molecule has 2 aromatic carbocycles. The van der Waals surface area contributed by atoms with Gasteiger partial charge in [0.25, 0.3) is 10.0 Å². The van der Waals surface area contributed by atoms with Crippen molar-refractivity contribution in [1.82, 2.24) is 4.90 Å². The van der Waals surface area contributed by atoms with Crippen molar-refractivity contribution >= 4 is 15.7 Å². The number of hydrogen-bond donors (Lipinski definition) is 1. The Morgan fingerprint density at radius 3 is 2.24 bits per heavy atom. The number of likely N-dealkylation sites (tertiary alicyclic amines) is 1. The Bertz CT molecular complexity index is 876. The Morgan fingerprint density at radius 2 is 1.66 bits per heavy atom. The van der Waals surface area contributed by atoms with Gasteiger partial charge >= 0.3 is 0 Å². The van der Waals surface area contributed by atoms with Gasteiger partial charge in [-0.1, -0.05) is 24.1 Å². The zero-order chi connectivity index (χ0) is 20.9. The summed E-state index contributed by atoms with van der Waals surface area (Å²) in [6.45, 7) is 4.28. The van der Waals surface area contributed by atoms with Crippen molar-refractivity contribution in [2.24, 2.45) is 0 Å². The van der Waals surface area contributed by atoms with Crippen molar-refractivity contribution in [3.63, 3.8) is 0 Å². The second kappa shape index (κ2) is 9.61. The molecule has 1 atom stereocenters. The van der Waals surface area contributed by atoms with E-state index in [4.69, 9.17) is 4.74 Å². The summed E-state index contributed by atoms with van der Waals surface area (Å²) in [5.41, 5.74) is 1.49. The number of piperidine rings is 1. The highest BCUT2D eigenvalue weighted by atomic mass is 32.2. The van der Waals surface area contributed by atoms with E-state index >= 15 is 0 Å². The van der Waals surface area contributed by atoms with Crippen LogP contribution in [-0.4, -0.2) is 57.8 Å². The van der Waals surface area contributed by atoms with Gasteiger partial charge in [-0.2, -0.15) is 0 Å². The number of rotatable bonds is 8. The van der Waals surface area contributed by atoms with Crippen molar-refractivity contribution < 1.29 is 18.3 Å². The number of aliphatic hydroxyl groups is 1. The zero-order valence-corrected chi connectivity index (χ0v) is 17.9. The van der Waals surface area contributed by atoms with Gasteiger partial charge in [0.1, 0.15) is 5.75 Å². The van der Waals surface area contributed by atoms with Crippen LogP contribution in [0.15, 0.2) is 53.4 Å². The van der Waals surface area contributed by atoms with Gasteiger partial charge in [0.15, 0.2) is 0 Å². The minimum absolute atomic E-state index is 0.000954. The van der Waals surface area contributed by atoms with Crippen LogP contribution in [0.4, 0.5) is 5.69 Å². The van der Waals surface area contributed by atoms with E-state index in [9.17, 15) is 13.5 Å². The second-order valence-electron chi connectivity index (χ2n) is 7.56. The second-order valence-corrected chi connectivity index (χ2v) is 9.42. The molecule has 0 bridgehead atoms. The Kier molecular flexibility index (Phi) is 7.16. The average Bonchev–Trinajstić information content (AvgIpc) is 2.73. The van der Waals surface area contributed by atoms with Crippen molar-refractivity contribution in [1.29, 1.82) is 0 Å². The average molecular weight is 419 g/mol. The molecule has 2 aromatic rings. The van der Waals surface area contributed by atoms with Crippen LogP contribution in [0.3, 0.4) is 0 Å². The van der Waals surface area contributed by atoms with Gasteiger partial charge in [-0.25, -0.2) is 8.42 Å². The molecule has 0 aliphatic carbocycles. The standard InChI is InChI=1S/C22H30N2O4S/c1-18-6-12-22(13-7-18)29(26,27)24(19-8-10-21(28-2)11-9-19)17-20(25)16-23-14-4-3-5-15-23/h6-13,20,25H,3-5,14-17H2,1-2H3/t20-/m1/s1. The Labute approximate surface area is 173 Å². The Morgan fingerprint density at radius 1 is 1.03 bits per heavy atom. The Balaban J connectivity index is 1.86. The highest BCUT2D eigenvalue weighted by Crippen LogP contribution is 2.26. The summed E-state index contributed by atoms with van der Waals surface area (Å²) in [7, 11) is -2.24. The molecular weight excluding hydrogens is 388 g/mol. The van der Waals surface area contributed by atoms with Crippen LogP contribution in [0.1, 0.15) is 24.8 Å². The summed E-state index contributed by atoms with van der Waals surface area (Å²) >= 11 is 0. The quantitative estimate of drug-likeness (QED) is 0.714. The first kappa shape index (κ1) is 21.6. The molecule has 1 saturated heterocycles. The maximum absolute atomic E-state index is 13.4. The largest absolute Gasteiger partial charge is 0.497 e. The third-order valence-electron chi connectivity index (χ3n) is 5.26.